The molecular formula is C14H15BrN2. The third-order valence-electron chi connectivity index (χ3n) is 2.79. The molecule has 88 valence electrons. The number of halogens is 1. The van der Waals surface area contributed by atoms with E-state index in [1.165, 1.54) is 0 Å². The molecule has 0 heterocycles. The van der Waals surface area contributed by atoms with Crippen LogP contribution in [0.25, 0.3) is 0 Å². The van der Waals surface area contributed by atoms with E-state index in [0.29, 0.717) is 0 Å². The van der Waals surface area contributed by atoms with Crippen molar-refractivity contribution in [1.82, 2.24) is 0 Å². The van der Waals surface area contributed by atoms with Gasteiger partial charge in [-0.05, 0) is 35.4 Å². The molecule has 0 radical (unpaired) electrons. The molecule has 0 fully saturated rings. The van der Waals surface area contributed by atoms with Crippen molar-refractivity contribution in [3.8, 4) is 0 Å². The van der Waals surface area contributed by atoms with E-state index in [1.54, 1.807) is 0 Å². The van der Waals surface area contributed by atoms with Crippen molar-refractivity contribution in [2.45, 2.75) is 6.04 Å². The van der Waals surface area contributed by atoms with Gasteiger partial charge in [-0.25, -0.2) is 0 Å². The molecule has 0 aliphatic heterocycles. The summed E-state index contributed by atoms with van der Waals surface area (Å²) in [7, 11) is 1.91. The predicted molar refractivity (Wildman–Crippen MR) is 76.2 cm³/mol. The van der Waals surface area contributed by atoms with Crippen molar-refractivity contribution in [3.63, 3.8) is 0 Å². The number of benzene rings is 2. The Balaban J connectivity index is 2.23. The van der Waals surface area contributed by atoms with Gasteiger partial charge in [0.05, 0.1) is 6.04 Å². The van der Waals surface area contributed by atoms with Crippen LogP contribution < -0.4 is 11.1 Å². The molecule has 3 heteroatoms. The molecule has 0 saturated heterocycles. The SMILES string of the molecule is CNc1ccc(C(N)c2ccc(Br)cc2)cc1. The Morgan fingerprint density at radius 2 is 1.41 bits per heavy atom. The fraction of sp³-hybridized carbons (Fsp3) is 0.143. The lowest BCUT2D eigenvalue weighted by molar-refractivity contribution is 0.871. The summed E-state index contributed by atoms with van der Waals surface area (Å²) in [4.78, 5) is 0. The highest BCUT2D eigenvalue weighted by Gasteiger charge is 2.08. The zero-order chi connectivity index (χ0) is 12.3. The molecule has 1 atom stereocenters. The van der Waals surface area contributed by atoms with Gasteiger partial charge < -0.3 is 11.1 Å². The quantitative estimate of drug-likeness (QED) is 0.907. The minimum atomic E-state index is -0.0750. The molecule has 2 rings (SSSR count). The average molecular weight is 291 g/mol. The summed E-state index contributed by atoms with van der Waals surface area (Å²) < 4.78 is 1.07. The Morgan fingerprint density at radius 3 is 1.88 bits per heavy atom. The molecule has 2 nitrogen and oxygen atoms in total. The van der Waals surface area contributed by atoms with Gasteiger partial charge in [0, 0.05) is 17.2 Å². The minimum Gasteiger partial charge on any atom is -0.388 e. The molecule has 17 heavy (non-hydrogen) atoms. The van der Waals surface area contributed by atoms with Gasteiger partial charge in [-0.2, -0.15) is 0 Å². The van der Waals surface area contributed by atoms with Crippen molar-refractivity contribution in [2.24, 2.45) is 5.73 Å². The van der Waals surface area contributed by atoms with Gasteiger partial charge in [0.15, 0.2) is 0 Å². The van der Waals surface area contributed by atoms with Crippen molar-refractivity contribution in [1.29, 1.82) is 0 Å². The molecule has 0 saturated carbocycles. The predicted octanol–water partition coefficient (Wildman–Crippen LogP) is 3.54. The lowest BCUT2D eigenvalue weighted by Gasteiger charge is -2.13. The highest BCUT2D eigenvalue weighted by molar-refractivity contribution is 9.10. The van der Waals surface area contributed by atoms with Crippen molar-refractivity contribution in [2.75, 3.05) is 12.4 Å². The third kappa shape index (κ3) is 2.87. The molecule has 0 aliphatic rings. The van der Waals surface area contributed by atoms with Crippen LogP contribution >= 0.6 is 15.9 Å². The first-order valence-electron chi connectivity index (χ1n) is 5.49. The molecule has 0 aliphatic carbocycles. The number of hydrogen-bond acceptors (Lipinski definition) is 2. The molecule has 0 amide bonds. The summed E-state index contributed by atoms with van der Waals surface area (Å²) >= 11 is 3.42. The van der Waals surface area contributed by atoms with E-state index in [1.807, 2.05) is 43.4 Å². The number of nitrogens with one attached hydrogen (secondary N) is 1. The fourth-order valence-electron chi connectivity index (χ4n) is 1.72. The Bertz CT molecular complexity index is 477. The van der Waals surface area contributed by atoms with E-state index in [0.717, 1.165) is 21.3 Å². The minimum absolute atomic E-state index is 0.0750. The van der Waals surface area contributed by atoms with E-state index in [2.05, 4.69) is 33.4 Å². The second-order valence-electron chi connectivity index (χ2n) is 3.90. The topological polar surface area (TPSA) is 38.0 Å². The Kier molecular flexibility index (Phi) is 3.82. The first-order chi connectivity index (χ1) is 8.20. The molecule has 3 N–H and O–H groups in total. The first-order valence-corrected chi connectivity index (χ1v) is 6.29. The molecular weight excluding hydrogens is 276 g/mol. The monoisotopic (exact) mass is 290 g/mol. The Morgan fingerprint density at radius 1 is 0.941 bits per heavy atom. The van der Waals surface area contributed by atoms with Gasteiger partial charge in [-0.1, -0.05) is 40.2 Å². The molecule has 0 bridgehead atoms. The number of rotatable bonds is 3. The van der Waals surface area contributed by atoms with Crippen LogP contribution in [0.5, 0.6) is 0 Å². The van der Waals surface area contributed by atoms with Crippen molar-refractivity contribution >= 4 is 21.6 Å². The lowest BCUT2D eigenvalue weighted by atomic mass is 9.99. The first kappa shape index (κ1) is 12.1. The van der Waals surface area contributed by atoms with Crippen LogP contribution in [0.15, 0.2) is 53.0 Å². The van der Waals surface area contributed by atoms with Gasteiger partial charge in [0.25, 0.3) is 0 Å². The summed E-state index contributed by atoms with van der Waals surface area (Å²) in [5, 5.41) is 3.09. The van der Waals surface area contributed by atoms with E-state index in [9.17, 15) is 0 Å². The molecule has 0 spiro atoms. The van der Waals surface area contributed by atoms with Crippen LogP contribution in [0.1, 0.15) is 17.2 Å². The maximum absolute atomic E-state index is 6.22. The van der Waals surface area contributed by atoms with Gasteiger partial charge in [0.1, 0.15) is 0 Å². The summed E-state index contributed by atoms with van der Waals surface area (Å²) in [6.45, 7) is 0. The van der Waals surface area contributed by atoms with Crippen LogP contribution in [0.3, 0.4) is 0 Å². The van der Waals surface area contributed by atoms with Crippen LogP contribution in [0.2, 0.25) is 0 Å². The second kappa shape index (κ2) is 5.34. The fourth-order valence-corrected chi connectivity index (χ4v) is 1.98. The van der Waals surface area contributed by atoms with Gasteiger partial charge in [-0.15, -0.1) is 0 Å². The number of hydrogen-bond donors (Lipinski definition) is 2. The standard InChI is InChI=1S/C14H15BrN2/c1-17-13-8-4-11(5-9-13)14(16)10-2-6-12(15)7-3-10/h2-9,14,17H,16H2,1H3. The normalized spacial score (nSPS) is 12.2. The van der Waals surface area contributed by atoms with E-state index >= 15 is 0 Å². The Labute approximate surface area is 110 Å². The second-order valence-corrected chi connectivity index (χ2v) is 4.82. The van der Waals surface area contributed by atoms with E-state index < -0.39 is 0 Å². The lowest BCUT2D eigenvalue weighted by Crippen LogP contribution is -2.11. The highest BCUT2D eigenvalue weighted by atomic mass is 79.9. The average Bonchev–Trinajstić information content (AvgIpc) is 2.39. The van der Waals surface area contributed by atoms with Crippen LogP contribution in [-0.4, -0.2) is 7.05 Å². The summed E-state index contributed by atoms with van der Waals surface area (Å²) in [6.07, 6.45) is 0. The summed E-state index contributed by atoms with van der Waals surface area (Å²) in [5.41, 5.74) is 9.55. The van der Waals surface area contributed by atoms with Crippen LogP contribution in [0.4, 0.5) is 5.69 Å². The zero-order valence-corrected chi connectivity index (χ0v) is 11.2. The molecule has 0 aromatic heterocycles. The highest BCUT2D eigenvalue weighted by Crippen LogP contribution is 2.22. The van der Waals surface area contributed by atoms with E-state index in [-0.39, 0.29) is 6.04 Å². The van der Waals surface area contributed by atoms with Crippen LogP contribution in [0, 0.1) is 0 Å². The van der Waals surface area contributed by atoms with Crippen LogP contribution in [-0.2, 0) is 0 Å². The number of nitrogens with two attached hydrogens (primary N) is 1. The van der Waals surface area contributed by atoms with Crippen molar-refractivity contribution in [3.05, 3.63) is 64.1 Å². The Hall–Kier alpha value is -1.32. The summed E-state index contributed by atoms with van der Waals surface area (Å²) in [6, 6.07) is 16.2. The molecule has 2 aromatic rings. The molecule has 1 unspecified atom stereocenters. The van der Waals surface area contributed by atoms with Gasteiger partial charge in [0.2, 0.25) is 0 Å². The maximum Gasteiger partial charge on any atom is 0.0551 e. The maximum atomic E-state index is 6.22. The third-order valence-corrected chi connectivity index (χ3v) is 3.32. The van der Waals surface area contributed by atoms with Gasteiger partial charge >= 0.3 is 0 Å². The zero-order valence-electron chi connectivity index (χ0n) is 9.65. The molecule has 2 aromatic carbocycles. The largest absolute Gasteiger partial charge is 0.388 e. The summed E-state index contributed by atoms with van der Waals surface area (Å²) in [5.74, 6) is 0. The smallest absolute Gasteiger partial charge is 0.0551 e. The number of anilines is 1. The van der Waals surface area contributed by atoms with E-state index in [4.69, 9.17) is 5.73 Å². The van der Waals surface area contributed by atoms with Gasteiger partial charge in [-0.3, -0.25) is 0 Å². The van der Waals surface area contributed by atoms with Crippen molar-refractivity contribution < 1.29 is 0 Å².